The van der Waals surface area contributed by atoms with Crippen LogP contribution in [-0.4, -0.2) is 23.0 Å². The normalized spacial score (nSPS) is 12.7. The van der Waals surface area contributed by atoms with Gasteiger partial charge < -0.3 is 0 Å². The molecule has 0 aliphatic carbocycles. The molecule has 0 bridgehead atoms. The predicted octanol–water partition coefficient (Wildman–Crippen LogP) is -0.542. The first-order valence-electron chi connectivity index (χ1n) is 3.52. The molecule has 0 aromatic rings. The molecular weight excluding hydrogens is 228 g/mol. The minimum atomic E-state index is -3.65. The Bertz CT molecular complexity index is 369. The number of nitrogens with one attached hydrogen (secondary N) is 2. The minimum Gasteiger partial charge on any atom is -0.208 e. The zero-order chi connectivity index (χ0) is 11.4. The highest BCUT2D eigenvalue weighted by Gasteiger charge is 2.14. The molecule has 0 aliphatic heterocycles. The van der Waals surface area contributed by atoms with E-state index in [1.54, 1.807) is 0 Å². The van der Waals surface area contributed by atoms with Crippen molar-refractivity contribution < 1.29 is 16.8 Å². The van der Waals surface area contributed by atoms with Crippen LogP contribution < -0.4 is 9.44 Å². The quantitative estimate of drug-likeness (QED) is 0.610. The third-order valence-electron chi connectivity index (χ3n) is 1.12. The maximum atomic E-state index is 10.9. The third-order valence-corrected chi connectivity index (χ3v) is 3.36. The Balaban J connectivity index is 4.48. The first kappa shape index (κ1) is 13.3. The van der Waals surface area contributed by atoms with Crippen LogP contribution in [0.25, 0.3) is 0 Å². The molecule has 6 nitrogen and oxygen atoms in total. The molecule has 0 radical (unpaired) electrons. The number of hydrogen-bond donors (Lipinski definition) is 2. The Hall–Kier alpha value is -0.700. The smallest absolute Gasteiger partial charge is 0.208 e. The van der Waals surface area contributed by atoms with E-state index >= 15 is 0 Å². The van der Waals surface area contributed by atoms with Crippen molar-refractivity contribution in [3.8, 4) is 0 Å². The summed E-state index contributed by atoms with van der Waals surface area (Å²) in [5.41, 5.74) is 0. The second-order valence-electron chi connectivity index (χ2n) is 2.38. The summed E-state index contributed by atoms with van der Waals surface area (Å²) in [5, 5.41) is 1.37. The molecule has 14 heavy (non-hydrogen) atoms. The van der Waals surface area contributed by atoms with Gasteiger partial charge in [-0.15, -0.1) is 0 Å². The van der Waals surface area contributed by atoms with Crippen LogP contribution in [0.5, 0.6) is 0 Å². The summed E-state index contributed by atoms with van der Waals surface area (Å²) in [4.78, 5) is 0. The highest BCUT2D eigenvalue weighted by molar-refractivity contribution is 7.93. The molecule has 0 saturated carbocycles. The average Bonchev–Trinajstić information content (AvgIpc) is 2.02. The number of rotatable bonds is 6. The van der Waals surface area contributed by atoms with Crippen molar-refractivity contribution in [3.05, 3.63) is 24.0 Å². The summed E-state index contributed by atoms with van der Waals surface area (Å²) in [6.45, 7) is 7.44. The first-order valence-corrected chi connectivity index (χ1v) is 6.61. The molecule has 0 aliphatic rings. The van der Waals surface area contributed by atoms with Crippen molar-refractivity contribution >= 4 is 20.0 Å². The van der Waals surface area contributed by atoms with Gasteiger partial charge in [0.1, 0.15) is 0 Å². The molecule has 0 saturated heterocycles. The van der Waals surface area contributed by atoms with Crippen LogP contribution in [0.3, 0.4) is 0 Å². The minimum absolute atomic E-state index is 0.686. The Morgan fingerprint density at radius 1 is 1.00 bits per heavy atom. The summed E-state index contributed by atoms with van der Waals surface area (Å²) in [7, 11) is -7.29. The SMILES string of the molecule is C=CS(=O)(=O)NC(C)NS(=O)(=O)C=C. The lowest BCUT2D eigenvalue weighted by atomic mass is 10.7. The lowest BCUT2D eigenvalue weighted by Crippen LogP contribution is -2.44. The maximum Gasteiger partial charge on any atom is 0.234 e. The second kappa shape index (κ2) is 4.69. The van der Waals surface area contributed by atoms with Crippen molar-refractivity contribution in [3.63, 3.8) is 0 Å². The second-order valence-corrected chi connectivity index (χ2v) is 5.70. The van der Waals surface area contributed by atoms with Gasteiger partial charge in [0.25, 0.3) is 0 Å². The maximum absolute atomic E-state index is 10.9. The van der Waals surface area contributed by atoms with Crippen molar-refractivity contribution in [2.24, 2.45) is 0 Å². The van der Waals surface area contributed by atoms with Crippen LogP contribution in [0.1, 0.15) is 6.92 Å². The zero-order valence-corrected chi connectivity index (χ0v) is 9.23. The number of hydrogen-bond acceptors (Lipinski definition) is 4. The summed E-state index contributed by atoms with van der Waals surface area (Å²) < 4.78 is 47.6. The Morgan fingerprint density at radius 3 is 1.50 bits per heavy atom. The third kappa shape index (κ3) is 5.12. The van der Waals surface area contributed by atoms with E-state index in [9.17, 15) is 16.8 Å². The Morgan fingerprint density at radius 2 is 1.29 bits per heavy atom. The highest BCUT2D eigenvalue weighted by Crippen LogP contribution is 1.91. The van der Waals surface area contributed by atoms with Gasteiger partial charge >= 0.3 is 0 Å². The predicted molar refractivity (Wildman–Crippen MR) is 54.0 cm³/mol. The Kier molecular flexibility index (Phi) is 4.46. The van der Waals surface area contributed by atoms with Crippen LogP contribution in [0.4, 0.5) is 0 Å². The van der Waals surface area contributed by atoms with E-state index < -0.39 is 26.2 Å². The summed E-state index contributed by atoms with van der Waals surface area (Å²) in [5.74, 6) is 0. The van der Waals surface area contributed by atoms with Crippen molar-refractivity contribution in [2.45, 2.75) is 13.1 Å². The average molecular weight is 240 g/mol. The molecule has 0 fully saturated rings. The molecule has 0 spiro atoms. The van der Waals surface area contributed by atoms with Crippen LogP contribution in [0, 0.1) is 0 Å². The monoisotopic (exact) mass is 240 g/mol. The standard InChI is InChI=1S/C6H12N2O4S2/c1-4-13(9,10)7-6(3)8-14(11,12)5-2/h4-8H,1-2H2,3H3. The van der Waals surface area contributed by atoms with E-state index in [0.29, 0.717) is 10.8 Å². The van der Waals surface area contributed by atoms with Gasteiger partial charge in [0, 0.05) is 10.8 Å². The van der Waals surface area contributed by atoms with Gasteiger partial charge in [-0.2, -0.15) is 9.44 Å². The fraction of sp³-hybridized carbons (Fsp3) is 0.333. The van der Waals surface area contributed by atoms with Gasteiger partial charge in [-0.3, -0.25) is 0 Å². The summed E-state index contributed by atoms with van der Waals surface area (Å²) in [6, 6.07) is 0. The lowest BCUT2D eigenvalue weighted by Gasteiger charge is -2.12. The molecule has 2 N–H and O–H groups in total. The summed E-state index contributed by atoms with van der Waals surface area (Å²) >= 11 is 0. The van der Waals surface area contributed by atoms with Gasteiger partial charge in [-0.25, -0.2) is 16.8 Å². The molecule has 0 atom stereocenters. The molecule has 0 aromatic heterocycles. The van der Waals surface area contributed by atoms with E-state index in [1.807, 2.05) is 9.44 Å². The van der Waals surface area contributed by atoms with Gasteiger partial charge in [0.2, 0.25) is 20.0 Å². The molecule has 0 unspecified atom stereocenters. The molecular formula is C6H12N2O4S2. The first-order chi connectivity index (χ1) is 6.22. The molecule has 0 heterocycles. The van der Waals surface area contributed by atoms with Crippen molar-refractivity contribution in [1.29, 1.82) is 0 Å². The summed E-state index contributed by atoms with van der Waals surface area (Å²) in [6.07, 6.45) is -0.957. The largest absolute Gasteiger partial charge is 0.234 e. The highest BCUT2D eigenvalue weighted by atomic mass is 32.2. The van der Waals surface area contributed by atoms with Crippen molar-refractivity contribution in [2.75, 3.05) is 0 Å². The van der Waals surface area contributed by atoms with Crippen LogP contribution >= 0.6 is 0 Å². The molecule has 0 rings (SSSR count). The fourth-order valence-electron chi connectivity index (χ4n) is 0.613. The van der Waals surface area contributed by atoms with Crippen LogP contribution in [-0.2, 0) is 20.0 Å². The van der Waals surface area contributed by atoms with Crippen molar-refractivity contribution in [1.82, 2.24) is 9.44 Å². The lowest BCUT2D eigenvalue weighted by molar-refractivity contribution is 0.543. The van der Waals surface area contributed by atoms with E-state index in [0.717, 1.165) is 0 Å². The van der Waals surface area contributed by atoms with Gasteiger partial charge in [-0.05, 0) is 6.92 Å². The molecule has 0 amide bonds. The van der Waals surface area contributed by atoms with E-state index in [-0.39, 0.29) is 0 Å². The van der Waals surface area contributed by atoms with Gasteiger partial charge in [0.15, 0.2) is 0 Å². The molecule has 0 aromatic carbocycles. The zero-order valence-electron chi connectivity index (χ0n) is 7.60. The van der Waals surface area contributed by atoms with Gasteiger partial charge in [0.05, 0.1) is 6.17 Å². The van der Waals surface area contributed by atoms with E-state index in [1.165, 1.54) is 6.92 Å². The van der Waals surface area contributed by atoms with Crippen LogP contribution in [0.15, 0.2) is 24.0 Å². The Labute approximate surface area is 83.8 Å². The number of sulfonamides is 2. The van der Waals surface area contributed by atoms with E-state index in [4.69, 9.17) is 0 Å². The van der Waals surface area contributed by atoms with Crippen LogP contribution in [0.2, 0.25) is 0 Å². The molecule has 8 heteroatoms. The van der Waals surface area contributed by atoms with E-state index in [2.05, 4.69) is 13.2 Å². The molecule has 82 valence electrons. The fourth-order valence-corrected chi connectivity index (χ4v) is 1.98. The topological polar surface area (TPSA) is 92.3 Å². The van der Waals surface area contributed by atoms with Gasteiger partial charge in [-0.1, -0.05) is 13.2 Å².